The zero-order valence-electron chi connectivity index (χ0n) is 63.6. The first-order chi connectivity index (χ1) is 51.7. The Kier molecular flexibility index (Phi) is 20.0. The van der Waals surface area contributed by atoms with Crippen molar-refractivity contribution < 1.29 is 0 Å². The van der Waals surface area contributed by atoms with Crippen LogP contribution >= 0.6 is 22.7 Å². The van der Waals surface area contributed by atoms with E-state index in [1.54, 1.807) is 40.9 Å². The highest BCUT2D eigenvalue weighted by molar-refractivity contribution is 7.27. The number of thiophene rings is 2. The largest absolute Gasteiger partial charge is 0.271 e. The Labute approximate surface area is 624 Å². The van der Waals surface area contributed by atoms with Crippen LogP contribution in [0.4, 0.5) is 0 Å². The molecule has 12 nitrogen and oxygen atoms in total. The molecule has 0 atom stereocenters. The summed E-state index contributed by atoms with van der Waals surface area (Å²) in [6.07, 6.45) is 28.3. The molecule has 0 amide bonds. The minimum absolute atomic E-state index is 0.283. The molecular weight excluding hydrogens is 1350 g/mol. The molecule has 16 aromatic rings. The van der Waals surface area contributed by atoms with E-state index in [1.807, 2.05) is 60.7 Å². The summed E-state index contributed by atoms with van der Waals surface area (Å²) in [5.41, 5.74) is -1.29. The van der Waals surface area contributed by atoms with Gasteiger partial charge in [0.2, 0.25) is 0 Å². The lowest BCUT2D eigenvalue weighted by molar-refractivity contribution is 0.387. The van der Waals surface area contributed by atoms with Gasteiger partial charge in [-0.25, -0.2) is 0 Å². The van der Waals surface area contributed by atoms with Crippen LogP contribution in [0.3, 0.4) is 0 Å². The second kappa shape index (κ2) is 29.4. The number of benzene rings is 10. The van der Waals surface area contributed by atoms with Crippen molar-refractivity contribution in [1.29, 1.82) is 0 Å². The van der Waals surface area contributed by atoms with Gasteiger partial charge in [-0.1, -0.05) is 222 Å². The number of pyridine rings is 4. The van der Waals surface area contributed by atoms with Crippen molar-refractivity contribution in [2.24, 2.45) is 0 Å². The zero-order valence-corrected chi connectivity index (χ0v) is 65.2. The van der Waals surface area contributed by atoms with Gasteiger partial charge in [-0.05, 0) is 133 Å². The van der Waals surface area contributed by atoms with Crippen LogP contribution in [0.5, 0.6) is 0 Å². The first-order valence-corrected chi connectivity index (χ1v) is 42.9. The number of unbranched alkanes of at least 4 members (excludes halogenated alkanes) is 16. The summed E-state index contributed by atoms with van der Waals surface area (Å²) in [6, 6.07) is 18.7. The van der Waals surface area contributed by atoms with E-state index in [9.17, 15) is 0 Å². The van der Waals surface area contributed by atoms with Crippen molar-refractivity contribution in [2.75, 3.05) is 0 Å². The van der Waals surface area contributed by atoms with Crippen molar-refractivity contribution in [3.8, 4) is 11.1 Å². The fraction of sp³-hybridized carbons (Fsp3) is 0.478. The third-order valence-electron chi connectivity index (χ3n) is 25.2. The molecule has 0 saturated carbocycles. The lowest BCUT2D eigenvalue weighted by Crippen LogP contribution is -2.37. The van der Waals surface area contributed by atoms with Gasteiger partial charge in [-0.3, -0.25) is 56.6 Å². The molecule has 10 aromatic carbocycles. The summed E-state index contributed by atoms with van der Waals surface area (Å²) >= 11 is 3.10. The maximum absolute atomic E-state index is 16.7. The molecular formula is C92H102N4O8S2. The summed E-state index contributed by atoms with van der Waals surface area (Å²) < 4.78 is 9.73. The predicted molar refractivity (Wildman–Crippen MR) is 454 cm³/mol. The van der Waals surface area contributed by atoms with Crippen molar-refractivity contribution in [1.82, 2.24) is 18.3 Å². The van der Waals surface area contributed by atoms with Gasteiger partial charge < -0.3 is 0 Å². The van der Waals surface area contributed by atoms with Crippen LogP contribution in [-0.4, -0.2) is 18.3 Å². The number of fused-ring (bicyclic) bond motifs is 2. The third kappa shape index (κ3) is 11.2. The molecule has 14 heteroatoms. The summed E-state index contributed by atoms with van der Waals surface area (Å²) in [5.74, 6) is 0. The second-order valence-electron chi connectivity index (χ2n) is 31.9. The Hall–Kier alpha value is -8.20. The van der Waals surface area contributed by atoms with E-state index < -0.39 is 0 Å². The standard InChI is InChI=1S/C92H102N4O8S2/c1-9-17-25-33-51(34-26-18-10-2)93-85(97)57-43-41-55-71-59(45-61-75-65(91(103)95(87(61)99)53(37-29-21-13-5)38-30-22-14-6)49-69-81(83(71)75)79-67(105-69)47-63(89(93)101)73(57)77(55)79)60-46-62-76-66(92(104)96(88(62)100)54(39-31-23-15-7)40-32-24-16-8)50-70-82-80-68(106-70)48-64-74-58(44-42-56(78(74)80)72(60)84(76)82)86(98)94(90(64)102)52(35-27-19-11-3)36-28-20-12-4/h41-54H,9-40H2,1-8H3. The molecule has 16 rings (SSSR count). The molecule has 0 saturated heterocycles. The number of nitrogens with zero attached hydrogens (tertiary/aromatic N) is 4. The predicted octanol–water partition coefficient (Wildman–Crippen LogP) is 24.0. The molecule has 6 aromatic heterocycles. The Morgan fingerprint density at radius 3 is 0.651 bits per heavy atom. The van der Waals surface area contributed by atoms with Crippen molar-refractivity contribution in [2.45, 2.75) is 285 Å². The minimum atomic E-state index is -0.374. The van der Waals surface area contributed by atoms with Crippen molar-refractivity contribution in [3.63, 3.8) is 0 Å². The highest BCUT2D eigenvalue weighted by Crippen LogP contribution is 2.58. The second-order valence-corrected chi connectivity index (χ2v) is 34.1. The highest BCUT2D eigenvalue weighted by Gasteiger charge is 2.36. The third-order valence-corrected chi connectivity index (χ3v) is 27.3. The van der Waals surface area contributed by atoms with Crippen LogP contribution in [0.15, 0.2) is 99.0 Å². The highest BCUT2D eigenvalue weighted by atomic mass is 32.1. The van der Waals surface area contributed by atoms with Gasteiger partial charge in [0.15, 0.2) is 0 Å². The van der Waals surface area contributed by atoms with E-state index in [4.69, 9.17) is 0 Å². The van der Waals surface area contributed by atoms with Crippen LogP contribution < -0.4 is 44.5 Å². The lowest BCUT2D eigenvalue weighted by Gasteiger charge is -2.25. The molecule has 0 aliphatic heterocycles. The van der Waals surface area contributed by atoms with Gasteiger partial charge in [-0.2, -0.15) is 0 Å². The first-order valence-electron chi connectivity index (χ1n) is 41.2. The number of aromatic nitrogens is 4. The fourth-order valence-corrected chi connectivity index (χ4v) is 22.4. The maximum atomic E-state index is 16.7. The molecule has 0 N–H and O–H groups in total. The van der Waals surface area contributed by atoms with Gasteiger partial charge in [-0.15, -0.1) is 22.7 Å². The average Bonchev–Trinajstić information content (AvgIpc) is 1.42. The van der Waals surface area contributed by atoms with E-state index in [1.165, 1.54) is 0 Å². The van der Waals surface area contributed by atoms with Crippen LogP contribution in [0.25, 0.3) is 159 Å². The van der Waals surface area contributed by atoms with E-state index in [0.29, 0.717) is 101 Å². The average molecular weight is 1460 g/mol. The lowest BCUT2D eigenvalue weighted by atomic mass is 9.79. The summed E-state index contributed by atoms with van der Waals surface area (Å²) in [4.78, 5) is 129. The zero-order chi connectivity index (χ0) is 73.7. The number of rotatable bonds is 37. The Bertz CT molecular complexity index is 6040. The van der Waals surface area contributed by atoms with Crippen molar-refractivity contribution in [3.05, 3.63) is 143 Å². The Balaban J connectivity index is 1.12. The van der Waals surface area contributed by atoms with Gasteiger partial charge in [0, 0.05) is 129 Å². The molecule has 6 heterocycles. The van der Waals surface area contributed by atoms with Gasteiger partial charge >= 0.3 is 0 Å². The van der Waals surface area contributed by atoms with Gasteiger partial charge in [0.05, 0.1) is 21.5 Å². The summed E-state index contributed by atoms with van der Waals surface area (Å²) in [5, 5.41) is 15.3. The first kappa shape index (κ1) is 72.0. The molecule has 106 heavy (non-hydrogen) atoms. The SMILES string of the molecule is CCCCCC(CCCCC)n1c(=O)c2ccc3c4c(-c5cc6c(=O)n(C(CCCCC)CCCCC)c(=O)c7cc8sc9cc%10c(=O)n(C(CCCCC)CCCCC)c(=O)c%11ccc%12c5c(c67)c8c9c%12c%11%10)cc5c(=O)n(C(CCCCC)CCCCC)c(=O)c6cc7sc8cc(c1=O)c2c3c8c7c4c56. The number of hydrogen-bond donors (Lipinski definition) is 0. The smallest absolute Gasteiger partial charge is 0.261 e. The van der Waals surface area contributed by atoms with E-state index in [0.717, 1.165) is 263 Å². The summed E-state index contributed by atoms with van der Waals surface area (Å²) in [7, 11) is 0. The van der Waals surface area contributed by atoms with E-state index in [-0.39, 0.29) is 68.6 Å². The maximum Gasteiger partial charge on any atom is 0.261 e. The van der Waals surface area contributed by atoms with Crippen LogP contribution in [0.2, 0.25) is 0 Å². The molecule has 0 spiro atoms. The monoisotopic (exact) mass is 1450 g/mol. The van der Waals surface area contributed by atoms with Crippen LogP contribution in [-0.2, 0) is 0 Å². The molecule has 0 fully saturated rings. The molecule has 550 valence electrons. The molecule has 0 unspecified atom stereocenters. The topological polar surface area (TPSA) is 156 Å². The van der Waals surface area contributed by atoms with Gasteiger partial charge in [0.1, 0.15) is 0 Å². The van der Waals surface area contributed by atoms with Gasteiger partial charge in [0.25, 0.3) is 44.5 Å². The normalized spacial score (nSPS) is 13.1. The molecule has 0 aliphatic carbocycles. The Morgan fingerprint density at radius 2 is 0.415 bits per heavy atom. The summed E-state index contributed by atoms with van der Waals surface area (Å²) in [6.45, 7) is 17.4. The fourth-order valence-electron chi connectivity index (χ4n) is 20.0. The molecule has 0 radical (unpaired) electrons. The van der Waals surface area contributed by atoms with Crippen LogP contribution in [0, 0.1) is 0 Å². The number of hydrogen-bond acceptors (Lipinski definition) is 10. The molecule has 0 bridgehead atoms. The Morgan fingerprint density at radius 1 is 0.217 bits per heavy atom. The quantitative estimate of drug-likeness (QED) is 0.0212. The van der Waals surface area contributed by atoms with Crippen molar-refractivity contribution >= 4 is 171 Å². The van der Waals surface area contributed by atoms with E-state index in [2.05, 4.69) is 55.4 Å². The minimum Gasteiger partial charge on any atom is -0.271 e. The van der Waals surface area contributed by atoms with Crippen LogP contribution in [0.1, 0.15) is 285 Å². The molecule has 0 aliphatic rings. The van der Waals surface area contributed by atoms with E-state index >= 15 is 38.4 Å².